The summed E-state index contributed by atoms with van der Waals surface area (Å²) in [5.74, 6) is -12.2. The fourth-order valence-corrected chi connectivity index (χ4v) is 3.17. The van der Waals surface area contributed by atoms with Gasteiger partial charge in [-0.05, 0) is 30.3 Å². The second kappa shape index (κ2) is 7.60. The molecule has 30 heavy (non-hydrogen) atoms. The summed E-state index contributed by atoms with van der Waals surface area (Å²) >= 11 is 3.33. The topological polar surface area (TPSA) is 50.4 Å². The molecule has 3 aromatic carbocycles. The molecule has 0 bridgehead atoms. The van der Waals surface area contributed by atoms with Crippen molar-refractivity contribution in [2.45, 2.75) is 6.23 Å². The van der Waals surface area contributed by atoms with E-state index < -0.39 is 46.8 Å². The number of carbonyl (C=O) groups excluding carboxylic acids is 1. The molecule has 0 spiro atoms. The summed E-state index contributed by atoms with van der Waals surface area (Å²) in [5.41, 5.74) is -0.210. The van der Waals surface area contributed by atoms with Gasteiger partial charge in [-0.15, -0.1) is 0 Å². The summed E-state index contributed by atoms with van der Waals surface area (Å²) in [7, 11) is 0. The van der Waals surface area contributed by atoms with Gasteiger partial charge < -0.3 is 15.4 Å². The molecule has 1 heterocycles. The molecular weight excluding hydrogens is 475 g/mol. The maximum absolute atomic E-state index is 13.8. The predicted molar refractivity (Wildman–Crippen MR) is 102 cm³/mol. The molecule has 1 aliphatic heterocycles. The van der Waals surface area contributed by atoms with Crippen molar-refractivity contribution < 1.29 is 31.5 Å². The highest BCUT2D eigenvalue weighted by molar-refractivity contribution is 9.10. The van der Waals surface area contributed by atoms with E-state index in [-0.39, 0.29) is 5.69 Å². The van der Waals surface area contributed by atoms with Crippen LogP contribution in [0.25, 0.3) is 0 Å². The number of ether oxygens (including phenoxy) is 1. The van der Waals surface area contributed by atoms with Crippen LogP contribution in [-0.4, -0.2) is 5.91 Å². The summed E-state index contributed by atoms with van der Waals surface area (Å²) in [6.07, 6.45) is -0.505. The largest absolute Gasteiger partial charge is 0.464 e. The Hall–Kier alpha value is -3.14. The first kappa shape index (κ1) is 20.1. The number of halogens is 6. The molecule has 0 aliphatic carbocycles. The number of fused-ring (bicyclic) bond motifs is 1. The van der Waals surface area contributed by atoms with Crippen LogP contribution < -0.4 is 15.4 Å². The number of nitrogens with one attached hydrogen (secondary N) is 2. The monoisotopic (exact) mass is 484 g/mol. The van der Waals surface area contributed by atoms with Gasteiger partial charge in [0.1, 0.15) is 11.3 Å². The van der Waals surface area contributed by atoms with Gasteiger partial charge in [-0.1, -0.05) is 28.1 Å². The Bertz CT molecular complexity index is 1140. The Labute approximate surface area is 174 Å². The van der Waals surface area contributed by atoms with E-state index in [9.17, 15) is 26.7 Å². The Morgan fingerprint density at radius 2 is 1.50 bits per heavy atom. The quantitative estimate of drug-likeness (QED) is 0.276. The van der Waals surface area contributed by atoms with Gasteiger partial charge in [-0.2, -0.15) is 0 Å². The number of rotatable bonds is 3. The van der Waals surface area contributed by atoms with Crippen molar-refractivity contribution >= 4 is 33.2 Å². The van der Waals surface area contributed by atoms with E-state index >= 15 is 0 Å². The molecule has 154 valence electrons. The first-order valence-electron chi connectivity index (χ1n) is 8.41. The number of hydrogen-bond acceptors (Lipinski definition) is 3. The molecule has 0 fully saturated rings. The Balaban J connectivity index is 1.57. The van der Waals surface area contributed by atoms with Gasteiger partial charge >= 0.3 is 0 Å². The molecule has 2 N–H and O–H groups in total. The Morgan fingerprint density at radius 3 is 2.13 bits per heavy atom. The first-order valence-corrected chi connectivity index (χ1v) is 9.21. The fraction of sp³-hybridized carbons (Fsp3) is 0.0500. The molecule has 0 aromatic heterocycles. The molecule has 4 rings (SSSR count). The highest BCUT2D eigenvalue weighted by Gasteiger charge is 2.30. The van der Waals surface area contributed by atoms with Crippen molar-refractivity contribution in [3.8, 4) is 5.75 Å². The molecule has 10 heteroatoms. The highest BCUT2D eigenvalue weighted by atomic mass is 79.9. The molecule has 4 nitrogen and oxygen atoms in total. The van der Waals surface area contributed by atoms with Crippen LogP contribution in [0.15, 0.2) is 46.9 Å². The minimum atomic E-state index is -2.33. The van der Waals surface area contributed by atoms with Gasteiger partial charge in [0, 0.05) is 15.7 Å². The molecule has 0 saturated heterocycles. The van der Waals surface area contributed by atoms with Crippen molar-refractivity contribution in [2.24, 2.45) is 0 Å². The third-order valence-electron chi connectivity index (χ3n) is 4.38. The van der Waals surface area contributed by atoms with Gasteiger partial charge in [0.25, 0.3) is 5.91 Å². The Morgan fingerprint density at radius 1 is 0.900 bits per heavy atom. The van der Waals surface area contributed by atoms with Crippen LogP contribution in [0.4, 0.5) is 33.3 Å². The van der Waals surface area contributed by atoms with Crippen LogP contribution in [0.1, 0.15) is 22.1 Å². The third-order valence-corrected chi connectivity index (χ3v) is 4.91. The van der Waals surface area contributed by atoms with E-state index in [0.717, 1.165) is 10.0 Å². The van der Waals surface area contributed by atoms with E-state index in [4.69, 9.17) is 4.74 Å². The molecule has 3 aromatic rings. The lowest BCUT2D eigenvalue weighted by Gasteiger charge is -2.11. The van der Waals surface area contributed by atoms with Gasteiger partial charge in [0.2, 0.25) is 5.82 Å². The summed E-state index contributed by atoms with van der Waals surface area (Å²) in [6, 6.07) is 11.6. The average Bonchev–Trinajstić information content (AvgIpc) is 3.15. The van der Waals surface area contributed by atoms with Gasteiger partial charge in [-0.3, -0.25) is 4.79 Å². The van der Waals surface area contributed by atoms with Gasteiger partial charge in [-0.25, -0.2) is 22.0 Å². The standard InChI is InChI=1S/C20H10BrF5N2O2/c21-9-3-1-8(2-4-9)20-28-11-7-10(5-6-12(11)30-20)27-19(29)13-14(22)16(24)18(26)17(25)15(13)23/h1-7,20,28H,(H,27,29). The molecule has 1 amide bonds. The number of hydrogen-bond donors (Lipinski definition) is 2. The van der Waals surface area contributed by atoms with Crippen LogP contribution in [-0.2, 0) is 0 Å². The predicted octanol–water partition coefficient (Wildman–Crippen LogP) is 5.90. The lowest BCUT2D eigenvalue weighted by Crippen LogP contribution is -2.19. The van der Waals surface area contributed by atoms with E-state index in [1.165, 1.54) is 18.2 Å². The van der Waals surface area contributed by atoms with E-state index in [1.807, 2.05) is 24.3 Å². The summed E-state index contributed by atoms with van der Waals surface area (Å²) in [4.78, 5) is 12.2. The minimum absolute atomic E-state index is 0.0650. The lowest BCUT2D eigenvalue weighted by atomic mass is 10.1. The van der Waals surface area contributed by atoms with Crippen LogP contribution in [0.3, 0.4) is 0 Å². The van der Waals surface area contributed by atoms with Crippen molar-refractivity contribution in [3.05, 3.63) is 87.2 Å². The van der Waals surface area contributed by atoms with Crippen molar-refractivity contribution in [2.75, 3.05) is 10.6 Å². The zero-order valence-electron chi connectivity index (χ0n) is 14.7. The first-order chi connectivity index (χ1) is 14.3. The van der Waals surface area contributed by atoms with Gasteiger partial charge in [0.05, 0.1) is 5.69 Å². The Kier molecular flexibility index (Phi) is 5.10. The third kappa shape index (κ3) is 3.47. The number of carbonyl (C=O) groups is 1. The summed E-state index contributed by atoms with van der Waals surface area (Å²) in [6.45, 7) is 0. The maximum atomic E-state index is 13.8. The minimum Gasteiger partial charge on any atom is -0.464 e. The van der Waals surface area contributed by atoms with Crippen LogP contribution in [0.2, 0.25) is 0 Å². The zero-order valence-corrected chi connectivity index (χ0v) is 16.3. The van der Waals surface area contributed by atoms with Gasteiger partial charge in [0.15, 0.2) is 29.5 Å². The summed E-state index contributed by atoms with van der Waals surface area (Å²) in [5, 5.41) is 5.19. The average molecular weight is 485 g/mol. The van der Waals surface area contributed by atoms with Crippen LogP contribution >= 0.6 is 15.9 Å². The van der Waals surface area contributed by atoms with Crippen molar-refractivity contribution in [1.82, 2.24) is 0 Å². The number of amides is 1. The van der Waals surface area contributed by atoms with E-state index in [1.54, 1.807) is 0 Å². The molecular formula is C20H10BrF5N2O2. The number of anilines is 2. The van der Waals surface area contributed by atoms with Crippen molar-refractivity contribution in [3.63, 3.8) is 0 Å². The van der Waals surface area contributed by atoms with E-state index in [2.05, 4.69) is 26.6 Å². The van der Waals surface area contributed by atoms with Crippen molar-refractivity contribution in [1.29, 1.82) is 0 Å². The normalized spacial score (nSPS) is 14.7. The zero-order chi connectivity index (χ0) is 21.6. The SMILES string of the molecule is O=C(Nc1ccc2c(c1)NC(c1ccc(Br)cc1)O2)c1c(F)c(F)c(F)c(F)c1F. The second-order valence-electron chi connectivity index (χ2n) is 6.30. The van der Waals surface area contributed by atoms with E-state index in [0.29, 0.717) is 11.4 Å². The molecule has 0 radical (unpaired) electrons. The molecule has 1 aliphatic rings. The fourth-order valence-electron chi connectivity index (χ4n) is 2.91. The molecule has 1 unspecified atom stereocenters. The smallest absolute Gasteiger partial charge is 0.261 e. The molecule has 0 saturated carbocycles. The summed E-state index contributed by atoms with van der Waals surface area (Å²) < 4.78 is 74.1. The van der Waals surface area contributed by atoms with Crippen LogP contribution in [0, 0.1) is 29.1 Å². The van der Waals surface area contributed by atoms with Crippen LogP contribution in [0.5, 0.6) is 5.75 Å². The molecule has 1 atom stereocenters. The second-order valence-corrected chi connectivity index (χ2v) is 7.22. The maximum Gasteiger partial charge on any atom is 0.261 e. The lowest BCUT2D eigenvalue weighted by molar-refractivity contribution is 0.101. The number of benzene rings is 3. The highest BCUT2D eigenvalue weighted by Crippen LogP contribution is 2.39.